The molecule has 0 aliphatic rings. The highest BCUT2D eigenvalue weighted by atomic mass is 32.1. The molecule has 1 aromatic heterocycles. The van der Waals surface area contributed by atoms with Crippen LogP contribution in [-0.4, -0.2) is 13.9 Å². The summed E-state index contributed by atoms with van der Waals surface area (Å²) in [5, 5.41) is 9.47. The van der Waals surface area contributed by atoms with Crippen molar-refractivity contribution < 1.29 is 5.11 Å². The van der Waals surface area contributed by atoms with Crippen LogP contribution in [0.3, 0.4) is 0 Å². The summed E-state index contributed by atoms with van der Waals surface area (Å²) in [7, 11) is 0. The van der Waals surface area contributed by atoms with Crippen molar-refractivity contribution in [1.29, 1.82) is 0 Å². The Kier molecular flexibility index (Phi) is 3.71. The Morgan fingerprint density at radius 3 is 3.17 bits per heavy atom. The quantitative estimate of drug-likeness (QED) is 0.718. The Balaban J connectivity index is 2.37. The minimum Gasteiger partial charge on any atom is -0.387 e. The van der Waals surface area contributed by atoms with Crippen molar-refractivity contribution >= 4 is 11.7 Å². The van der Waals surface area contributed by atoms with Crippen LogP contribution < -0.4 is 0 Å². The van der Waals surface area contributed by atoms with Gasteiger partial charge >= 0.3 is 0 Å². The first-order chi connectivity index (χ1) is 5.84. The third-order valence-corrected chi connectivity index (χ3v) is 1.93. The number of hydrogen-bond acceptors (Lipinski definition) is 4. The van der Waals surface area contributed by atoms with Gasteiger partial charge in [0.15, 0.2) is 0 Å². The molecule has 1 atom stereocenters. The van der Waals surface area contributed by atoms with Crippen molar-refractivity contribution in [2.75, 3.05) is 0 Å². The minimum atomic E-state index is -0.510. The molecule has 0 aromatic carbocycles. The average molecular weight is 182 g/mol. The highest BCUT2D eigenvalue weighted by molar-refractivity contribution is 6.99. The molecule has 0 radical (unpaired) electrons. The fourth-order valence-corrected chi connectivity index (χ4v) is 1.27. The van der Waals surface area contributed by atoms with Gasteiger partial charge in [0.1, 0.15) is 5.69 Å². The maximum Gasteiger partial charge on any atom is 0.103 e. The van der Waals surface area contributed by atoms with E-state index in [1.165, 1.54) is 0 Å². The number of hydrogen-bond donors (Lipinski definition) is 1. The van der Waals surface area contributed by atoms with Crippen LogP contribution in [0.25, 0.3) is 0 Å². The largest absolute Gasteiger partial charge is 0.387 e. The van der Waals surface area contributed by atoms with Gasteiger partial charge in [-0.05, 0) is 13.3 Å². The molecular weight excluding hydrogens is 172 g/mol. The lowest BCUT2D eigenvalue weighted by Crippen LogP contribution is -1.96. The van der Waals surface area contributed by atoms with Crippen molar-refractivity contribution in [2.24, 2.45) is 0 Å². The number of aromatic nitrogens is 2. The van der Waals surface area contributed by atoms with Crippen LogP contribution in [-0.2, 0) is 0 Å². The van der Waals surface area contributed by atoms with E-state index in [1.54, 1.807) is 13.1 Å². The fourth-order valence-electron chi connectivity index (χ4n) is 0.800. The molecule has 12 heavy (non-hydrogen) atoms. The van der Waals surface area contributed by atoms with Gasteiger partial charge in [0.2, 0.25) is 0 Å². The third-order valence-electron chi connectivity index (χ3n) is 1.44. The highest BCUT2D eigenvalue weighted by Crippen LogP contribution is 2.15. The average Bonchev–Trinajstić information content (AvgIpc) is 2.56. The maximum absolute atomic E-state index is 9.47. The van der Waals surface area contributed by atoms with E-state index >= 15 is 0 Å². The Morgan fingerprint density at radius 1 is 1.75 bits per heavy atom. The number of aliphatic hydroxyl groups excluding tert-OH is 1. The zero-order chi connectivity index (χ0) is 8.81. The first kappa shape index (κ1) is 9.17. The molecule has 0 amide bonds. The van der Waals surface area contributed by atoms with E-state index in [4.69, 9.17) is 0 Å². The van der Waals surface area contributed by atoms with Gasteiger partial charge < -0.3 is 5.11 Å². The molecule has 64 valence electrons. The van der Waals surface area contributed by atoms with Crippen LogP contribution in [0.5, 0.6) is 0 Å². The SMILES string of the molecule is CC#CCCC(O)c1cnsn1. The molecule has 1 rings (SSSR count). The number of rotatable bonds is 3. The lowest BCUT2D eigenvalue weighted by Gasteiger charge is -2.02. The first-order valence-electron chi connectivity index (χ1n) is 3.69. The molecule has 0 fully saturated rings. The summed E-state index contributed by atoms with van der Waals surface area (Å²) in [6.45, 7) is 1.79. The molecule has 0 bridgehead atoms. The molecule has 3 nitrogen and oxygen atoms in total. The lowest BCUT2D eigenvalue weighted by atomic mass is 10.1. The second-order valence-electron chi connectivity index (χ2n) is 2.31. The molecule has 1 N–H and O–H groups in total. The summed E-state index contributed by atoms with van der Waals surface area (Å²) in [4.78, 5) is 0. The molecule has 0 spiro atoms. The van der Waals surface area contributed by atoms with Gasteiger partial charge in [-0.15, -0.1) is 11.8 Å². The smallest absolute Gasteiger partial charge is 0.103 e. The van der Waals surface area contributed by atoms with E-state index in [-0.39, 0.29) is 0 Å². The molecule has 1 heterocycles. The second-order valence-corrected chi connectivity index (χ2v) is 2.87. The van der Waals surface area contributed by atoms with Gasteiger partial charge in [0.25, 0.3) is 0 Å². The maximum atomic E-state index is 9.47. The predicted molar refractivity (Wildman–Crippen MR) is 47.6 cm³/mol. The lowest BCUT2D eigenvalue weighted by molar-refractivity contribution is 0.165. The van der Waals surface area contributed by atoms with Crippen LogP contribution in [0.1, 0.15) is 31.6 Å². The minimum absolute atomic E-state index is 0.510. The van der Waals surface area contributed by atoms with Crippen molar-refractivity contribution in [2.45, 2.75) is 25.9 Å². The van der Waals surface area contributed by atoms with Crippen molar-refractivity contribution in [3.63, 3.8) is 0 Å². The van der Waals surface area contributed by atoms with E-state index in [1.807, 2.05) is 0 Å². The van der Waals surface area contributed by atoms with Crippen LogP contribution in [0.15, 0.2) is 6.20 Å². The molecule has 0 aliphatic carbocycles. The van der Waals surface area contributed by atoms with Gasteiger partial charge in [-0.2, -0.15) is 8.75 Å². The highest BCUT2D eigenvalue weighted by Gasteiger charge is 2.08. The number of aliphatic hydroxyl groups is 1. The molecule has 1 unspecified atom stereocenters. The van der Waals surface area contributed by atoms with Crippen LogP contribution in [0, 0.1) is 11.8 Å². The summed E-state index contributed by atoms with van der Waals surface area (Å²) in [6.07, 6.45) is 2.42. The predicted octanol–water partition coefficient (Wildman–Crippen LogP) is 1.38. The zero-order valence-corrected chi connectivity index (χ0v) is 7.64. The Hall–Kier alpha value is -0.920. The first-order valence-corrected chi connectivity index (χ1v) is 4.42. The summed E-state index contributed by atoms with van der Waals surface area (Å²) < 4.78 is 7.73. The molecule has 0 saturated carbocycles. The van der Waals surface area contributed by atoms with Crippen molar-refractivity contribution in [3.05, 3.63) is 11.9 Å². The fraction of sp³-hybridized carbons (Fsp3) is 0.500. The topological polar surface area (TPSA) is 46.0 Å². The monoisotopic (exact) mass is 182 g/mol. The molecule has 0 saturated heterocycles. The van der Waals surface area contributed by atoms with Crippen LogP contribution >= 0.6 is 11.7 Å². The molecular formula is C8H10N2OS. The van der Waals surface area contributed by atoms with E-state index in [9.17, 15) is 5.11 Å². The van der Waals surface area contributed by atoms with Gasteiger partial charge in [-0.3, -0.25) is 0 Å². The number of nitrogens with zero attached hydrogens (tertiary/aromatic N) is 2. The summed E-state index contributed by atoms with van der Waals surface area (Å²) >= 11 is 1.11. The van der Waals surface area contributed by atoms with E-state index in [0.29, 0.717) is 18.5 Å². The van der Waals surface area contributed by atoms with Crippen LogP contribution in [0.2, 0.25) is 0 Å². The van der Waals surface area contributed by atoms with E-state index in [2.05, 4.69) is 20.6 Å². The molecule has 4 heteroatoms. The van der Waals surface area contributed by atoms with E-state index < -0.39 is 6.10 Å². The normalized spacial score (nSPS) is 11.8. The summed E-state index contributed by atoms with van der Waals surface area (Å²) in [5.74, 6) is 5.66. The zero-order valence-electron chi connectivity index (χ0n) is 6.82. The van der Waals surface area contributed by atoms with Gasteiger partial charge in [0.05, 0.1) is 24.0 Å². The van der Waals surface area contributed by atoms with Crippen molar-refractivity contribution in [1.82, 2.24) is 8.75 Å². The van der Waals surface area contributed by atoms with E-state index in [0.717, 1.165) is 11.7 Å². The van der Waals surface area contributed by atoms with Crippen LogP contribution in [0.4, 0.5) is 0 Å². The Labute approximate surface area is 75.8 Å². The third kappa shape index (κ3) is 2.61. The Morgan fingerprint density at radius 2 is 2.58 bits per heavy atom. The van der Waals surface area contributed by atoms with Gasteiger partial charge in [0, 0.05) is 6.42 Å². The van der Waals surface area contributed by atoms with Gasteiger partial charge in [-0.1, -0.05) is 0 Å². The standard InChI is InChI=1S/C8H10N2OS/c1-2-3-4-5-8(11)7-6-9-12-10-7/h6,8,11H,4-5H2,1H3. The van der Waals surface area contributed by atoms with Crippen molar-refractivity contribution in [3.8, 4) is 11.8 Å². The second kappa shape index (κ2) is 4.86. The molecule has 1 aromatic rings. The Bertz CT molecular complexity index is 273. The summed E-state index contributed by atoms with van der Waals surface area (Å²) in [5.41, 5.74) is 0.651. The van der Waals surface area contributed by atoms with Gasteiger partial charge in [-0.25, -0.2) is 0 Å². The molecule has 0 aliphatic heterocycles. The summed E-state index contributed by atoms with van der Waals surface area (Å²) in [6, 6.07) is 0.